The molecular weight excluding hydrogens is 471 g/mol. The zero-order valence-corrected chi connectivity index (χ0v) is 19.2. The van der Waals surface area contributed by atoms with Gasteiger partial charge in [-0.15, -0.1) is 5.10 Å². The van der Waals surface area contributed by atoms with Gasteiger partial charge < -0.3 is 14.9 Å². The van der Waals surface area contributed by atoms with Crippen LogP contribution in [0.1, 0.15) is 18.2 Å². The van der Waals surface area contributed by atoms with Gasteiger partial charge >= 0.3 is 0 Å². The van der Waals surface area contributed by atoms with E-state index in [0.717, 1.165) is 55.0 Å². The zero-order chi connectivity index (χ0) is 25.1. The third-order valence-corrected chi connectivity index (χ3v) is 6.31. The van der Waals surface area contributed by atoms with Crippen LogP contribution < -0.4 is 9.80 Å². The van der Waals surface area contributed by atoms with Gasteiger partial charge in [-0.1, -0.05) is 18.2 Å². The van der Waals surface area contributed by atoms with Gasteiger partial charge in [0.25, 0.3) is 0 Å². The number of rotatable bonds is 7. The molecule has 1 fully saturated rings. The number of aliphatic hydroxyl groups excluding tert-OH is 1. The van der Waals surface area contributed by atoms with Crippen LogP contribution in [0.25, 0.3) is 11.1 Å². The smallest absolute Gasteiger partial charge is 0.224 e. The molecule has 5 rings (SSSR count). The van der Waals surface area contributed by atoms with Gasteiger partial charge in [-0.25, -0.2) is 13.2 Å². The first-order valence-corrected chi connectivity index (χ1v) is 11.5. The molecule has 4 aromatic rings. The normalized spacial score (nSPS) is 16.6. The summed E-state index contributed by atoms with van der Waals surface area (Å²) in [6.45, 7) is 3.35. The first-order valence-electron chi connectivity index (χ1n) is 11.5. The molecular formula is C25H24F3N7O. The number of anilines is 2. The molecule has 0 spiro atoms. The SMILES string of the molecule is OC(C(F)c1ccc(-c2ccc(N3CCN(c4ccc(F)cc4)CC3)cc2)cn1)C(F)n1cnnn1. The average molecular weight is 496 g/mol. The lowest BCUT2D eigenvalue weighted by Crippen LogP contribution is -2.46. The van der Waals surface area contributed by atoms with E-state index in [-0.39, 0.29) is 11.5 Å². The predicted octanol–water partition coefficient (Wildman–Crippen LogP) is 3.74. The minimum atomic E-state index is -2.14. The van der Waals surface area contributed by atoms with Crippen molar-refractivity contribution in [3.8, 4) is 11.1 Å². The van der Waals surface area contributed by atoms with Gasteiger partial charge in [0.2, 0.25) is 6.30 Å². The molecule has 0 bridgehead atoms. The number of hydrogen-bond donors (Lipinski definition) is 1. The topological polar surface area (TPSA) is 83.2 Å². The molecule has 2 aromatic carbocycles. The van der Waals surface area contributed by atoms with Crippen LogP contribution in [0.5, 0.6) is 0 Å². The highest BCUT2D eigenvalue weighted by atomic mass is 19.2. The number of hydrogen-bond acceptors (Lipinski definition) is 7. The lowest BCUT2D eigenvalue weighted by atomic mass is 10.0. The van der Waals surface area contributed by atoms with Crippen LogP contribution >= 0.6 is 0 Å². The number of benzene rings is 2. The van der Waals surface area contributed by atoms with E-state index in [2.05, 4.69) is 30.3 Å². The molecule has 1 aliphatic rings. The summed E-state index contributed by atoms with van der Waals surface area (Å²) in [5, 5.41) is 19.9. The summed E-state index contributed by atoms with van der Waals surface area (Å²) in [4.78, 5) is 8.62. The average Bonchev–Trinajstić information content (AvgIpc) is 3.48. The molecule has 3 atom stereocenters. The number of halogens is 3. The summed E-state index contributed by atoms with van der Waals surface area (Å²) in [6.07, 6.45) is -3.73. The quantitative estimate of drug-likeness (QED) is 0.418. The zero-order valence-electron chi connectivity index (χ0n) is 19.2. The first-order chi connectivity index (χ1) is 17.5. The Labute approximate surface area is 205 Å². The molecule has 8 nitrogen and oxygen atoms in total. The largest absolute Gasteiger partial charge is 0.385 e. The first kappa shape index (κ1) is 23.7. The molecule has 0 aliphatic carbocycles. The van der Waals surface area contributed by atoms with Crippen molar-refractivity contribution in [1.82, 2.24) is 25.2 Å². The van der Waals surface area contributed by atoms with E-state index in [0.29, 0.717) is 4.68 Å². The van der Waals surface area contributed by atoms with Crippen LogP contribution in [0.3, 0.4) is 0 Å². The van der Waals surface area contributed by atoms with Crippen molar-refractivity contribution in [2.75, 3.05) is 36.0 Å². The summed E-state index contributed by atoms with van der Waals surface area (Å²) in [5.41, 5.74) is 3.69. The molecule has 3 unspecified atom stereocenters. The summed E-state index contributed by atoms with van der Waals surface area (Å²) >= 11 is 0. The van der Waals surface area contributed by atoms with Crippen LogP contribution in [0.15, 0.2) is 73.2 Å². The van der Waals surface area contributed by atoms with E-state index in [1.54, 1.807) is 18.2 Å². The third-order valence-electron chi connectivity index (χ3n) is 6.31. The lowest BCUT2D eigenvalue weighted by molar-refractivity contribution is -0.0294. The van der Waals surface area contributed by atoms with Crippen molar-refractivity contribution in [3.05, 3.63) is 84.7 Å². The van der Waals surface area contributed by atoms with Crippen molar-refractivity contribution in [1.29, 1.82) is 0 Å². The Morgan fingerprint density at radius 1 is 0.778 bits per heavy atom. The second kappa shape index (κ2) is 10.3. The van der Waals surface area contributed by atoms with E-state index >= 15 is 0 Å². The maximum absolute atomic E-state index is 14.7. The van der Waals surface area contributed by atoms with E-state index in [1.165, 1.54) is 24.4 Å². The summed E-state index contributed by atoms with van der Waals surface area (Å²) in [7, 11) is 0. The second-order valence-electron chi connectivity index (χ2n) is 8.52. The Balaban J connectivity index is 1.20. The molecule has 1 N–H and O–H groups in total. The van der Waals surface area contributed by atoms with Gasteiger partial charge in [-0.05, 0) is 58.5 Å². The van der Waals surface area contributed by atoms with Crippen molar-refractivity contribution >= 4 is 11.4 Å². The number of alkyl halides is 2. The van der Waals surface area contributed by atoms with Gasteiger partial charge in [-0.2, -0.15) is 4.68 Å². The Kier molecular flexibility index (Phi) is 6.81. The second-order valence-corrected chi connectivity index (χ2v) is 8.52. The number of pyridine rings is 1. The third kappa shape index (κ3) is 5.01. The summed E-state index contributed by atoms with van der Waals surface area (Å²) in [6, 6.07) is 17.7. The van der Waals surface area contributed by atoms with Gasteiger partial charge in [0.1, 0.15) is 18.2 Å². The lowest BCUT2D eigenvalue weighted by Gasteiger charge is -2.37. The highest BCUT2D eigenvalue weighted by molar-refractivity contribution is 5.66. The Morgan fingerprint density at radius 2 is 1.36 bits per heavy atom. The number of nitrogens with zero attached hydrogens (tertiary/aromatic N) is 7. The van der Waals surface area contributed by atoms with E-state index in [4.69, 9.17) is 0 Å². The van der Waals surface area contributed by atoms with Crippen LogP contribution in [-0.4, -0.2) is 62.6 Å². The molecule has 36 heavy (non-hydrogen) atoms. The number of tetrazole rings is 1. The van der Waals surface area contributed by atoms with Gasteiger partial charge in [0.15, 0.2) is 6.17 Å². The van der Waals surface area contributed by atoms with Crippen molar-refractivity contribution in [2.45, 2.75) is 18.6 Å². The van der Waals surface area contributed by atoms with Crippen molar-refractivity contribution in [3.63, 3.8) is 0 Å². The molecule has 186 valence electrons. The molecule has 2 aromatic heterocycles. The van der Waals surface area contributed by atoms with Gasteiger partial charge in [0.05, 0.1) is 5.69 Å². The van der Waals surface area contributed by atoms with Gasteiger partial charge in [0, 0.05) is 49.3 Å². The molecule has 0 radical (unpaired) electrons. The molecule has 11 heteroatoms. The van der Waals surface area contributed by atoms with Crippen LogP contribution in [0.2, 0.25) is 0 Å². The fourth-order valence-electron chi connectivity index (χ4n) is 4.23. The maximum atomic E-state index is 14.7. The van der Waals surface area contributed by atoms with Crippen LogP contribution in [0.4, 0.5) is 24.5 Å². The minimum absolute atomic E-state index is 0.0855. The van der Waals surface area contributed by atoms with Crippen LogP contribution in [0, 0.1) is 5.82 Å². The maximum Gasteiger partial charge on any atom is 0.224 e. The summed E-state index contributed by atoms with van der Waals surface area (Å²) < 4.78 is 42.7. The fourth-order valence-corrected chi connectivity index (χ4v) is 4.23. The van der Waals surface area contributed by atoms with E-state index in [9.17, 15) is 18.3 Å². The monoisotopic (exact) mass is 495 g/mol. The van der Waals surface area contributed by atoms with E-state index < -0.39 is 18.6 Å². The number of aromatic nitrogens is 5. The molecule has 1 aliphatic heterocycles. The van der Waals surface area contributed by atoms with E-state index in [1.807, 2.05) is 24.3 Å². The molecule has 1 saturated heterocycles. The Morgan fingerprint density at radius 3 is 1.89 bits per heavy atom. The highest BCUT2D eigenvalue weighted by Gasteiger charge is 2.32. The Hall–Kier alpha value is -3.99. The standard InChI is InChI=1S/C25H24F3N7O/c26-19-4-8-21(9-5-19)34-13-11-33(12-14-34)20-6-1-17(2-7-20)18-3-10-22(29-15-18)23(27)24(36)25(28)35-16-30-31-32-35/h1-10,15-16,23-25,36H,11-14H2. The fraction of sp³-hybridized carbons (Fsp3) is 0.280. The Bertz CT molecular complexity index is 1250. The number of aliphatic hydroxyl groups is 1. The predicted molar refractivity (Wildman–Crippen MR) is 128 cm³/mol. The van der Waals surface area contributed by atoms with Crippen molar-refractivity contribution in [2.24, 2.45) is 0 Å². The highest BCUT2D eigenvalue weighted by Crippen LogP contribution is 2.30. The summed E-state index contributed by atoms with van der Waals surface area (Å²) in [5.74, 6) is -0.237. The number of piperazine rings is 1. The van der Waals surface area contributed by atoms with Crippen LogP contribution in [-0.2, 0) is 0 Å². The molecule has 0 saturated carbocycles. The van der Waals surface area contributed by atoms with Crippen molar-refractivity contribution < 1.29 is 18.3 Å². The minimum Gasteiger partial charge on any atom is -0.385 e. The molecule has 3 heterocycles. The van der Waals surface area contributed by atoms with Gasteiger partial charge in [-0.3, -0.25) is 4.98 Å². The molecule has 0 amide bonds.